The molecule has 2 aromatic carbocycles. The number of hydrogen-bond donors (Lipinski definition) is 3. The number of esters is 1. The highest BCUT2D eigenvalue weighted by Crippen LogP contribution is 2.23. The highest BCUT2D eigenvalue weighted by atomic mass is 35.5. The number of halogens is 1. The molecular weight excluding hydrogens is 406 g/mol. The van der Waals surface area contributed by atoms with E-state index in [9.17, 15) is 9.59 Å². The van der Waals surface area contributed by atoms with Crippen molar-refractivity contribution in [3.05, 3.63) is 83.3 Å². The number of nitrogens with zero attached hydrogens (tertiary/aromatic N) is 1. The Balaban J connectivity index is 0.00000320. The maximum absolute atomic E-state index is 12.3. The van der Waals surface area contributed by atoms with Crippen LogP contribution in [0, 0.1) is 0 Å². The number of aromatic nitrogens is 2. The van der Waals surface area contributed by atoms with Gasteiger partial charge in [-0.2, -0.15) is 0 Å². The third kappa shape index (κ3) is 5.79. The van der Waals surface area contributed by atoms with Gasteiger partial charge in [-0.3, -0.25) is 10.0 Å². The number of amides is 1. The van der Waals surface area contributed by atoms with Gasteiger partial charge in [0.25, 0.3) is 5.91 Å². The van der Waals surface area contributed by atoms with E-state index < -0.39 is 11.9 Å². The van der Waals surface area contributed by atoms with Gasteiger partial charge in [-0.15, -0.1) is 12.4 Å². The molecule has 1 aromatic heterocycles. The summed E-state index contributed by atoms with van der Waals surface area (Å²) in [6.07, 6.45) is 3.33. The van der Waals surface area contributed by atoms with Crippen LogP contribution in [0.15, 0.2) is 60.7 Å². The van der Waals surface area contributed by atoms with Crippen molar-refractivity contribution >= 4 is 30.4 Å². The second-order valence-electron chi connectivity index (χ2n) is 6.22. The van der Waals surface area contributed by atoms with Gasteiger partial charge in [0.2, 0.25) is 0 Å². The lowest BCUT2D eigenvalue weighted by Gasteiger charge is -2.02. The minimum Gasteiger partial charge on any atom is -0.461 e. The van der Waals surface area contributed by atoms with E-state index in [2.05, 4.69) is 9.97 Å². The number of hydrogen-bond acceptors (Lipinski definition) is 5. The van der Waals surface area contributed by atoms with Crippen LogP contribution in [0.3, 0.4) is 0 Å². The highest BCUT2D eigenvalue weighted by molar-refractivity contribution is 5.94. The van der Waals surface area contributed by atoms with Crippen LogP contribution in [0.1, 0.15) is 34.4 Å². The molecule has 30 heavy (non-hydrogen) atoms. The van der Waals surface area contributed by atoms with E-state index in [4.69, 9.17) is 9.94 Å². The van der Waals surface area contributed by atoms with Gasteiger partial charge < -0.3 is 9.72 Å². The fourth-order valence-corrected chi connectivity index (χ4v) is 2.81. The smallest absolute Gasteiger partial charge is 0.357 e. The predicted octanol–water partition coefficient (Wildman–Crippen LogP) is 3.78. The lowest BCUT2D eigenvalue weighted by Crippen LogP contribution is -2.14. The average molecular weight is 428 g/mol. The summed E-state index contributed by atoms with van der Waals surface area (Å²) >= 11 is 0. The molecule has 0 saturated heterocycles. The molecule has 0 fully saturated rings. The molecule has 0 aliphatic carbocycles. The summed E-state index contributed by atoms with van der Waals surface area (Å²) in [5.74, 6) is -0.382. The number of ether oxygens (including phenoxy) is 1. The first-order valence-corrected chi connectivity index (χ1v) is 9.13. The molecular formula is C22H22ClN3O4. The number of benzene rings is 2. The van der Waals surface area contributed by atoms with Gasteiger partial charge in [-0.1, -0.05) is 54.6 Å². The van der Waals surface area contributed by atoms with Crippen LogP contribution in [0.25, 0.3) is 17.3 Å². The van der Waals surface area contributed by atoms with E-state index in [1.807, 2.05) is 54.6 Å². The van der Waals surface area contributed by atoms with Crippen molar-refractivity contribution in [3.63, 3.8) is 0 Å². The number of hydroxylamine groups is 1. The molecule has 156 valence electrons. The largest absolute Gasteiger partial charge is 0.461 e. The molecule has 3 rings (SSSR count). The van der Waals surface area contributed by atoms with Crippen molar-refractivity contribution in [2.24, 2.45) is 0 Å². The monoisotopic (exact) mass is 427 g/mol. The molecule has 3 aromatic rings. The van der Waals surface area contributed by atoms with Gasteiger partial charge in [-0.25, -0.2) is 15.3 Å². The zero-order chi connectivity index (χ0) is 20.6. The Morgan fingerprint density at radius 1 is 1.13 bits per heavy atom. The lowest BCUT2D eigenvalue weighted by molar-refractivity contribution is -0.124. The van der Waals surface area contributed by atoms with Crippen molar-refractivity contribution in [2.75, 3.05) is 6.61 Å². The summed E-state index contributed by atoms with van der Waals surface area (Å²) in [4.78, 5) is 31.1. The van der Waals surface area contributed by atoms with Gasteiger partial charge >= 0.3 is 5.97 Å². The highest BCUT2D eigenvalue weighted by Gasteiger charge is 2.19. The summed E-state index contributed by atoms with van der Waals surface area (Å²) in [6, 6.07) is 17.0. The Bertz CT molecular complexity index is 1010. The van der Waals surface area contributed by atoms with Crippen LogP contribution >= 0.6 is 12.4 Å². The summed E-state index contributed by atoms with van der Waals surface area (Å²) in [5, 5.41) is 8.51. The Labute approximate surface area is 180 Å². The molecule has 0 saturated carbocycles. The molecule has 7 nitrogen and oxygen atoms in total. The fraction of sp³-hybridized carbons (Fsp3) is 0.136. The number of imidazole rings is 1. The second kappa shape index (κ2) is 10.9. The van der Waals surface area contributed by atoms with E-state index >= 15 is 0 Å². The summed E-state index contributed by atoms with van der Waals surface area (Å²) in [7, 11) is 0. The van der Waals surface area contributed by atoms with Crippen LogP contribution < -0.4 is 5.48 Å². The molecule has 0 bridgehead atoms. The first-order valence-electron chi connectivity index (χ1n) is 9.13. The first kappa shape index (κ1) is 22.9. The SMILES string of the molecule is CCOC(=O)c1[nH]c(Cc2ccc(/C=C/C(=O)NO)cc2)nc1-c1ccccc1.Cl. The van der Waals surface area contributed by atoms with Crippen LogP contribution in [0.2, 0.25) is 0 Å². The third-order valence-electron chi connectivity index (χ3n) is 4.17. The minimum absolute atomic E-state index is 0. The standard InChI is InChI=1S/C22H21N3O4.ClH/c1-2-29-22(27)21-20(17-6-4-3-5-7-17)23-18(24-21)14-16-10-8-15(9-11-16)12-13-19(26)25-28;/h3-13,28H,2,14H2,1H3,(H,23,24)(H,25,26);1H/b13-12+;. The summed E-state index contributed by atoms with van der Waals surface area (Å²) < 4.78 is 5.16. The van der Waals surface area contributed by atoms with Crippen molar-refractivity contribution in [1.82, 2.24) is 15.4 Å². The van der Waals surface area contributed by atoms with Gasteiger partial charge in [0.15, 0.2) is 5.69 Å². The maximum Gasteiger partial charge on any atom is 0.357 e. The minimum atomic E-state index is -0.593. The second-order valence-corrected chi connectivity index (χ2v) is 6.22. The van der Waals surface area contributed by atoms with E-state index in [0.29, 0.717) is 23.6 Å². The molecule has 0 unspecified atom stereocenters. The average Bonchev–Trinajstić information content (AvgIpc) is 3.17. The van der Waals surface area contributed by atoms with Crippen molar-refractivity contribution in [2.45, 2.75) is 13.3 Å². The zero-order valence-corrected chi connectivity index (χ0v) is 17.1. The molecule has 0 atom stereocenters. The van der Waals surface area contributed by atoms with Crippen molar-refractivity contribution < 1.29 is 19.5 Å². The Morgan fingerprint density at radius 3 is 2.47 bits per heavy atom. The third-order valence-corrected chi connectivity index (χ3v) is 4.17. The molecule has 0 spiro atoms. The molecule has 8 heteroatoms. The van der Waals surface area contributed by atoms with Gasteiger partial charge in [0.1, 0.15) is 11.5 Å². The topological polar surface area (TPSA) is 104 Å². The zero-order valence-electron chi connectivity index (χ0n) is 16.3. The Hall–Kier alpha value is -3.42. The molecule has 0 radical (unpaired) electrons. The van der Waals surface area contributed by atoms with E-state index in [1.54, 1.807) is 18.5 Å². The van der Waals surface area contributed by atoms with Gasteiger partial charge in [-0.05, 0) is 24.1 Å². The van der Waals surface area contributed by atoms with Crippen LogP contribution in [0.5, 0.6) is 0 Å². The molecule has 1 heterocycles. The van der Waals surface area contributed by atoms with Crippen molar-refractivity contribution in [3.8, 4) is 11.3 Å². The number of nitrogens with one attached hydrogen (secondary N) is 2. The first-order chi connectivity index (χ1) is 14.1. The van der Waals surface area contributed by atoms with Crippen LogP contribution in [-0.2, 0) is 16.0 Å². The van der Waals surface area contributed by atoms with E-state index in [1.165, 1.54) is 6.08 Å². The molecule has 3 N–H and O–H groups in total. The van der Waals surface area contributed by atoms with E-state index in [-0.39, 0.29) is 19.0 Å². The normalized spacial score (nSPS) is 10.5. The Kier molecular flexibility index (Phi) is 8.34. The van der Waals surface area contributed by atoms with Crippen molar-refractivity contribution in [1.29, 1.82) is 0 Å². The van der Waals surface area contributed by atoms with Gasteiger partial charge in [0.05, 0.1) is 6.61 Å². The molecule has 0 aliphatic heterocycles. The Morgan fingerprint density at radius 2 is 1.83 bits per heavy atom. The molecule has 1 amide bonds. The van der Waals surface area contributed by atoms with Crippen LogP contribution in [0.4, 0.5) is 0 Å². The maximum atomic E-state index is 12.3. The number of aromatic amines is 1. The fourth-order valence-electron chi connectivity index (χ4n) is 2.81. The molecule has 0 aliphatic rings. The van der Waals surface area contributed by atoms with Gasteiger partial charge in [0, 0.05) is 18.1 Å². The number of rotatable bonds is 7. The predicted molar refractivity (Wildman–Crippen MR) is 115 cm³/mol. The summed E-state index contributed by atoms with van der Waals surface area (Å²) in [5.41, 5.74) is 5.07. The quantitative estimate of drug-likeness (QED) is 0.230. The number of carbonyl (C=O) groups is 2. The van der Waals surface area contributed by atoms with E-state index in [0.717, 1.165) is 16.7 Å². The number of H-pyrrole nitrogens is 1. The van der Waals surface area contributed by atoms with Crippen LogP contribution in [-0.4, -0.2) is 33.7 Å². The number of carbonyl (C=O) groups excluding carboxylic acids is 2. The lowest BCUT2D eigenvalue weighted by atomic mass is 10.1. The summed E-state index contributed by atoms with van der Waals surface area (Å²) in [6.45, 7) is 2.04.